The highest BCUT2D eigenvalue weighted by atomic mass is 16.5. The lowest BCUT2D eigenvalue weighted by atomic mass is 9.95. The van der Waals surface area contributed by atoms with E-state index in [1.165, 1.54) is 5.69 Å². The molecular formula is C21H33N5O2. The lowest BCUT2D eigenvalue weighted by molar-refractivity contribution is -0.119. The number of nitrogens with zero attached hydrogens (tertiary/aromatic N) is 3. The Morgan fingerprint density at radius 3 is 2.89 bits per heavy atom. The SMILES string of the molecule is CN=C(NCC1CCN(c2cccc(OC)c2)C1)N1CCCC(CC(N)=O)C1. The number of aliphatic imine (C=N–C) groups is 1. The molecule has 3 N–H and O–H groups in total. The molecule has 154 valence electrons. The molecular weight excluding hydrogens is 354 g/mol. The van der Waals surface area contributed by atoms with Crippen LogP contribution in [0.5, 0.6) is 5.75 Å². The van der Waals surface area contributed by atoms with Crippen molar-refractivity contribution in [3.8, 4) is 5.75 Å². The van der Waals surface area contributed by atoms with Crippen LogP contribution in [0.15, 0.2) is 29.3 Å². The summed E-state index contributed by atoms with van der Waals surface area (Å²) in [5.41, 5.74) is 6.60. The van der Waals surface area contributed by atoms with Crippen molar-refractivity contribution in [3.05, 3.63) is 24.3 Å². The quantitative estimate of drug-likeness (QED) is 0.573. The summed E-state index contributed by atoms with van der Waals surface area (Å²) < 4.78 is 5.35. The molecule has 2 unspecified atom stereocenters. The zero-order valence-corrected chi connectivity index (χ0v) is 17.1. The van der Waals surface area contributed by atoms with Gasteiger partial charge in [-0.1, -0.05) is 6.07 Å². The van der Waals surface area contributed by atoms with Crippen molar-refractivity contribution in [1.29, 1.82) is 0 Å². The Bertz CT molecular complexity index is 693. The lowest BCUT2D eigenvalue weighted by Crippen LogP contribution is -2.48. The Labute approximate surface area is 167 Å². The first-order valence-corrected chi connectivity index (χ1v) is 10.2. The molecule has 2 heterocycles. The first kappa shape index (κ1) is 20.3. The average Bonchev–Trinajstić information content (AvgIpc) is 3.17. The van der Waals surface area contributed by atoms with Gasteiger partial charge in [0.2, 0.25) is 5.91 Å². The number of likely N-dealkylation sites (tertiary alicyclic amines) is 1. The fraction of sp³-hybridized carbons (Fsp3) is 0.619. The monoisotopic (exact) mass is 387 g/mol. The summed E-state index contributed by atoms with van der Waals surface area (Å²) in [6.45, 7) is 4.83. The summed E-state index contributed by atoms with van der Waals surface area (Å²) in [6.07, 6.45) is 3.76. The smallest absolute Gasteiger partial charge is 0.217 e. The van der Waals surface area contributed by atoms with Crippen LogP contribution < -0.4 is 20.7 Å². The number of carbonyl (C=O) groups is 1. The largest absolute Gasteiger partial charge is 0.497 e. The van der Waals surface area contributed by atoms with Crippen LogP contribution in [0.4, 0.5) is 5.69 Å². The maximum absolute atomic E-state index is 11.2. The van der Waals surface area contributed by atoms with E-state index in [1.807, 2.05) is 19.2 Å². The number of nitrogens with one attached hydrogen (secondary N) is 1. The van der Waals surface area contributed by atoms with E-state index < -0.39 is 0 Å². The molecule has 7 nitrogen and oxygen atoms in total. The van der Waals surface area contributed by atoms with Gasteiger partial charge in [0.05, 0.1) is 7.11 Å². The Morgan fingerprint density at radius 2 is 2.14 bits per heavy atom. The van der Waals surface area contributed by atoms with Gasteiger partial charge in [0.15, 0.2) is 5.96 Å². The van der Waals surface area contributed by atoms with Crippen LogP contribution >= 0.6 is 0 Å². The molecule has 3 rings (SSSR count). The predicted molar refractivity (Wildman–Crippen MR) is 113 cm³/mol. The number of rotatable bonds is 6. The summed E-state index contributed by atoms with van der Waals surface area (Å²) >= 11 is 0. The van der Waals surface area contributed by atoms with E-state index in [9.17, 15) is 4.79 Å². The van der Waals surface area contributed by atoms with Gasteiger partial charge in [0.25, 0.3) is 0 Å². The minimum Gasteiger partial charge on any atom is -0.497 e. The van der Waals surface area contributed by atoms with Gasteiger partial charge >= 0.3 is 0 Å². The molecule has 0 aromatic heterocycles. The van der Waals surface area contributed by atoms with E-state index in [2.05, 4.69) is 32.2 Å². The molecule has 2 fully saturated rings. The first-order chi connectivity index (χ1) is 13.6. The number of ether oxygens (including phenoxy) is 1. The van der Waals surface area contributed by atoms with Gasteiger partial charge in [-0.05, 0) is 43.2 Å². The number of guanidine groups is 1. The molecule has 1 amide bonds. The fourth-order valence-electron chi connectivity index (χ4n) is 4.32. The van der Waals surface area contributed by atoms with Crippen molar-refractivity contribution in [2.75, 3.05) is 51.8 Å². The third kappa shape index (κ3) is 5.30. The number of piperidine rings is 1. The second kappa shape index (κ2) is 9.66. The van der Waals surface area contributed by atoms with E-state index in [-0.39, 0.29) is 5.91 Å². The number of hydrogen-bond donors (Lipinski definition) is 2. The van der Waals surface area contributed by atoms with Crippen LogP contribution in [-0.2, 0) is 4.79 Å². The molecule has 2 saturated heterocycles. The van der Waals surface area contributed by atoms with E-state index in [0.717, 1.165) is 63.7 Å². The van der Waals surface area contributed by atoms with Gasteiger partial charge in [0, 0.05) is 57.9 Å². The van der Waals surface area contributed by atoms with E-state index in [0.29, 0.717) is 18.3 Å². The van der Waals surface area contributed by atoms with E-state index in [1.54, 1.807) is 7.11 Å². The highest BCUT2D eigenvalue weighted by molar-refractivity contribution is 5.80. The second-order valence-corrected chi connectivity index (χ2v) is 7.86. The van der Waals surface area contributed by atoms with E-state index >= 15 is 0 Å². The number of amides is 1. The molecule has 0 aliphatic carbocycles. The maximum atomic E-state index is 11.2. The van der Waals surface area contributed by atoms with Gasteiger partial charge in [-0.2, -0.15) is 0 Å². The third-order valence-electron chi connectivity index (χ3n) is 5.77. The number of benzene rings is 1. The highest BCUT2D eigenvalue weighted by Gasteiger charge is 2.26. The molecule has 2 aliphatic rings. The Morgan fingerprint density at radius 1 is 1.29 bits per heavy atom. The average molecular weight is 388 g/mol. The van der Waals surface area contributed by atoms with Gasteiger partial charge in [0.1, 0.15) is 5.75 Å². The highest BCUT2D eigenvalue weighted by Crippen LogP contribution is 2.26. The van der Waals surface area contributed by atoms with Gasteiger partial charge in [-0.25, -0.2) is 0 Å². The minimum atomic E-state index is -0.210. The normalized spacial score (nSPS) is 23.0. The van der Waals surface area contributed by atoms with Crippen LogP contribution in [0.2, 0.25) is 0 Å². The number of hydrogen-bond acceptors (Lipinski definition) is 4. The number of primary amides is 1. The Kier molecular flexibility index (Phi) is 7.01. The van der Waals surface area contributed by atoms with Crippen molar-refractivity contribution in [3.63, 3.8) is 0 Å². The Hall–Kier alpha value is -2.44. The van der Waals surface area contributed by atoms with Crippen LogP contribution in [0.3, 0.4) is 0 Å². The number of carbonyl (C=O) groups excluding carboxylic acids is 1. The molecule has 7 heteroatoms. The lowest BCUT2D eigenvalue weighted by Gasteiger charge is -2.35. The van der Waals surface area contributed by atoms with Crippen molar-refractivity contribution < 1.29 is 9.53 Å². The number of methoxy groups -OCH3 is 1. The van der Waals surface area contributed by atoms with Crippen molar-refractivity contribution >= 4 is 17.6 Å². The van der Waals surface area contributed by atoms with Crippen molar-refractivity contribution in [2.24, 2.45) is 22.6 Å². The van der Waals surface area contributed by atoms with Gasteiger partial charge in [-0.15, -0.1) is 0 Å². The van der Waals surface area contributed by atoms with Crippen LogP contribution in [0.1, 0.15) is 25.7 Å². The van der Waals surface area contributed by atoms with Crippen LogP contribution in [-0.4, -0.2) is 63.6 Å². The molecule has 28 heavy (non-hydrogen) atoms. The molecule has 0 saturated carbocycles. The molecule has 0 bridgehead atoms. The van der Waals surface area contributed by atoms with Crippen molar-refractivity contribution in [1.82, 2.24) is 10.2 Å². The van der Waals surface area contributed by atoms with Gasteiger partial charge < -0.3 is 25.6 Å². The predicted octanol–water partition coefficient (Wildman–Crippen LogP) is 1.68. The third-order valence-corrected chi connectivity index (χ3v) is 5.77. The molecule has 1 aromatic carbocycles. The summed E-state index contributed by atoms with van der Waals surface area (Å²) in [5.74, 6) is 2.54. The van der Waals surface area contributed by atoms with Crippen molar-refractivity contribution in [2.45, 2.75) is 25.7 Å². The molecule has 0 radical (unpaired) electrons. The Balaban J connectivity index is 1.49. The zero-order valence-electron chi connectivity index (χ0n) is 17.1. The fourth-order valence-corrected chi connectivity index (χ4v) is 4.32. The molecule has 2 aliphatic heterocycles. The van der Waals surface area contributed by atoms with Crippen LogP contribution in [0.25, 0.3) is 0 Å². The molecule has 2 atom stereocenters. The summed E-state index contributed by atoms with van der Waals surface area (Å²) in [6, 6.07) is 8.26. The summed E-state index contributed by atoms with van der Waals surface area (Å²) in [5, 5.41) is 3.56. The molecule has 1 aromatic rings. The maximum Gasteiger partial charge on any atom is 0.217 e. The van der Waals surface area contributed by atoms with Gasteiger partial charge in [-0.3, -0.25) is 9.79 Å². The standard InChI is InChI=1S/C21H33N5O2/c1-23-21(26-9-4-5-16(14-26)11-20(22)27)24-13-17-8-10-25(15-17)18-6-3-7-19(12-18)28-2/h3,6-7,12,16-17H,4-5,8-11,13-15H2,1-2H3,(H2,22,27)(H,23,24). The minimum absolute atomic E-state index is 0.210. The topological polar surface area (TPSA) is 83.2 Å². The zero-order chi connectivity index (χ0) is 19.9. The van der Waals surface area contributed by atoms with Crippen LogP contribution in [0, 0.1) is 11.8 Å². The summed E-state index contributed by atoms with van der Waals surface area (Å²) in [7, 11) is 3.53. The number of anilines is 1. The summed E-state index contributed by atoms with van der Waals surface area (Å²) in [4.78, 5) is 20.4. The van der Waals surface area contributed by atoms with E-state index in [4.69, 9.17) is 10.5 Å². The first-order valence-electron chi connectivity index (χ1n) is 10.2. The molecule has 0 spiro atoms. The number of nitrogens with two attached hydrogens (primary N) is 1. The second-order valence-electron chi connectivity index (χ2n) is 7.86.